The molecule has 1 unspecified atom stereocenters. The number of ether oxygens (including phenoxy) is 1. The molecule has 3 aromatic rings. The summed E-state index contributed by atoms with van der Waals surface area (Å²) in [6.07, 6.45) is 5.82. The molecule has 0 aliphatic carbocycles. The summed E-state index contributed by atoms with van der Waals surface area (Å²) < 4.78 is 7.98. The van der Waals surface area contributed by atoms with Crippen molar-refractivity contribution < 1.29 is 4.74 Å². The largest absolute Gasteiger partial charge is 0.371 e. The predicted octanol–water partition coefficient (Wildman–Crippen LogP) is 3.82. The smallest absolute Gasteiger partial charge is 0.0991 e. The molecule has 0 amide bonds. The standard InChI is InChI=1S/C19H21N3OS/c1-15-10-18(22-6-5-20-14-22)3-2-16(15)11-21-7-8-23-19(12-21)17-4-9-24-13-17/h2-6,9-10,13-14,19H,7-8,11-12H2,1H3. The second-order valence-corrected chi connectivity index (χ2v) is 7.01. The Hall–Kier alpha value is -1.95. The molecule has 2 aromatic heterocycles. The number of benzene rings is 1. The molecule has 124 valence electrons. The minimum absolute atomic E-state index is 0.204. The van der Waals surface area contributed by atoms with Crippen molar-refractivity contribution >= 4 is 11.3 Å². The van der Waals surface area contributed by atoms with E-state index in [1.54, 1.807) is 11.3 Å². The summed E-state index contributed by atoms with van der Waals surface area (Å²) in [5.41, 5.74) is 5.16. The van der Waals surface area contributed by atoms with E-state index in [1.807, 2.05) is 23.3 Å². The maximum Gasteiger partial charge on any atom is 0.0991 e. The minimum atomic E-state index is 0.204. The van der Waals surface area contributed by atoms with Crippen molar-refractivity contribution in [1.82, 2.24) is 14.5 Å². The molecule has 5 heteroatoms. The van der Waals surface area contributed by atoms with Gasteiger partial charge in [0.05, 0.1) is 19.0 Å². The molecular formula is C19H21N3OS. The highest BCUT2D eigenvalue weighted by Crippen LogP contribution is 2.25. The lowest BCUT2D eigenvalue weighted by Crippen LogP contribution is -2.37. The fourth-order valence-corrected chi connectivity index (χ4v) is 3.88. The molecule has 1 atom stereocenters. The topological polar surface area (TPSA) is 30.3 Å². The van der Waals surface area contributed by atoms with Gasteiger partial charge in [-0.05, 0) is 52.6 Å². The molecule has 3 heterocycles. The molecule has 0 N–H and O–H groups in total. The molecule has 1 fully saturated rings. The quantitative estimate of drug-likeness (QED) is 0.724. The third-order valence-electron chi connectivity index (χ3n) is 4.59. The fraction of sp³-hybridized carbons (Fsp3) is 0.316. The average molecular weight is 339 g/mol. The number of nitrogens with zero attached hydrogens (tertiary/aromatic N) is 3. The van der Waals surface area contributed by atoms with E-state index >= 15 is 0 Å². The predicted molar refractivity (Wildman–Crippen MR) is 96.6 cm³/mol. The number of rotatable bonds is 4. The minimum Gasteiger partial charge on any atom is -0.371 e. The first-order valence-corrected chi connectivity index (χ1v) is 9.18. The number of hydrogen-bond donors (Lipinski definition) is 0. The first-order valence-electron chi connectivity index (χ1n) is 8.23. The van der Waals surface area contributed by atoms with Gasteiger partial charge < -0.3 is 9.30 Å². The zero-order valence-corrected chi connectivity index (χ0v) is 14.6. The summed E-state index contributed by atoms with van der Waals surface area (Å²) in [4.78, 5) is 6.61. The summed E-state index contributed by atoms with van der Waals surface area (Å²) in [5, 5.41) is 4.32. The van der Waals surface area contributed by atoms with Gasteiger partial charge in [-0.1, -0.05) is 6.07 Å². The van der Waals surface area contributed by atoms with Gasteiger partial charge >= 0.3 is 0 Å². The first kappa shape index (κ1) is 15.6. The third kappa shape index (κ3) is 3.29. The van der Waals surface area contributed by atoms with Gasteiger partial charge in [-0.3, -0.25) is 4.90 Å². The van der Waals surface area contributed by atoms with Gasteiger partial charge in [-0.25, -0.2) is 4.98 Å². The maximum atomic E-state index is 5.94. The SMILES string of the molecule is Cc1cc(-n2ccnc2)ccc1CN1CCOC(c2ccsc2)C1. The highest BCUT2D eigenvalue weighted by atomic mass is 32.1. The Morgan fingerprint density at radius 2 is 2.29 bits per heavy atom. The van der Waals surface area contributed by atoms with E-state index in [1.165, 1.54) is 16.7 Å². The number of thiophene rings is 1. The van der Waals surface area contributed by atoms with Crippen LogP contribution in [0.15, 0.2) is 53.7 Å². The van der Waals surface area contributed by atoms with Gasteiger partial charge in [0, 0.05) is 37.7 Å². The van der Waals surface area contributed by atoms with E-state index in [-0.39, 0.29) is 6.10 Å². The zero-order chi connectivity index (χ0) is 16.4. The van der Waals surface area contributed by atoms with Gasteiger partial charge in [-0.2, -0.15) is 11.3 Å². The highest BCUT2D eigenvalue weighted by Gasteiger charge is 2.22. The monoisotopic (exact) mass is 339 g/mol. The van der Waals surface area contributed by atoms with Crippen LogP contribution in [0, 0.1) is 6.92 Å². The molecule has 0 saturated carbocycles. The molecule has 0 spiro atoms. The Labute approximate surface area is 146 Å². The Balaban J connectivity index is 1.47. The van der Waals surface area contributed by atoms with Gasteiger partial charge in [0.25, 0.3) is 0 Å². The van der Waals surface area contributed by atoms with Crippen LogP contribution in [0.25, 0.3) is 5.69 Å². The summed E-state index contributed by atoms with van der Waals surface area (Å²) in [6, 6.07) is 8.80. The second kappa shape index (κ2) is 6.89. The van der Waals surface area contributed by atoms with Crippen LogP contribution in [-0.4, -0.2) is 34.1 Å². The Morgan fingerprint density at radius 1 is 1.33 bits per heavy atom. The van der Waals surface area contributed by atoms with Crippen molar-refractivity contribution in [3.8, 4) is 5.69 Å². The average Bonchev–Trinajstić information content (AvgIpc) is 3.31. The molecule has 1 aliphatic rings. The lowest BCUT2D eigenvalue weighted by atomic mass is 10.1. The van der Waals surface area contributed by atoms with Crippen molar-refractivity contribution in [2.24, 2.45) is 0 Å². The Kier molecular flexibility index (Phi) is 4.47. The molecule has 24 heavy (non-hydrogen) atoms. The molecule has 4 rings (SSSR count). The Bertz CT molecular complexity index is 783. The van der Waals surface area contributed by atoms with E-state index in [2.05, 4.69) is 51.8 Å². The summed E-state index contributed by atoms with van der Waals surface area (Å²) in [7, 11) is 0. The Morgan fingerprint density at radius 3 is 3.04 bits per heavy atom. The number of imidazole rings is 1. The molecule has 1 saturated heterocycles. The molecule has 0 radical (unpaired) electrons. The molecule has 1 aromatic carbocycles. The van der Waals surface area contributed by atoms with Crippen molar-refractivity contribution in [2.75, 3.05) is 19.7 Å². The molecule has 1 aliphatic heterocycles. The van der Waals surface area contributed by atoms with Crippen molar-refractivity contribution in [2.45, 2.75) is 19.6 Å². The van der Waals surface area contributed by atoms with E-state index in [4.69, 9.17) is 4.74 Å². The number of aryl methyl sites for hydroxylation is 1. The summed E-state index contributed by atoms with van der Waals surface area (Å²) >= 11 is 1.74. The summed E-state index contributed by atoms with van der Waals surface area (Å²) in [5.74, 6) is 0. The van der Waals surface area contributed by atoms with E-state index < -0.39 is 0 Å². The molecule has 4 nitrogen and oxygen atoms in total. The van der Waals surface area contributed by atoms with Crippen LogP contribution >= 0.6 is 11.3 Å². The fourth-order valence-electron chi connectivity index (χ4n) is 3.18. The third-order valence-corrected chi connectivity index (χ3v) is 5.29. The van der Waals surface area contributed by atoms with Gasteiger partial charge in [-0.15, -0.1) is 0 Å². The van der Waals surface area contributed by atoms with Gasteiger partial charge in [0.15, 0.2) is 0 Å². The van der Waals surface area contributed by atoms with Crippen LogP contribution in [-0.2, 0) is 11.3 Å². The lowest BCUT2D eigenvalue weighted by molar-refractivity contribution is -0.0327. The first-order chi connectivity index (χ1) is 11.8. The van der Waals surface area contributed by atoms with Crippen LogP contribution in [0.1, 0.15) is 22.8 Å². The molecular weight excluding hydrogens is 318 g/mol. The van der Waals surface area contributed by atoms with E-state index in [0.717, 1.165) is 31.9 Å². The van der Waals surface area contributed by atoms with E-state index in [9.17, 15) is 0 Å². The van der Waals surface area contributed by atoms with Crippen LogP contribution in [0.2, 0.25) is 0 Å². The van der Waals surface area contributed by atoms with E-state index in [0.29, 0.717) is 0 Å². The van der Waals surface area contributed by atoms with Crippen LogP contribution in [0.3, 0.4) is 0 Å². The van der Waals surface area contributed by atoms with Crippen LogP contribution < -0.4 is 0 Å². The van der Waals surface area contributed by atoms with Gasteiger partial charge in [0.1, 0.15) is 0 Å². The molecule has 0 bridgehead atoms. The van der Waals surface area contributed by atoms with Gasteiger partial charge in [0.2, 0.25) is 0 Å². The summed E-state index contributed by atoms with van der Waals surface area (Å²) in [6.45, 7) is 5.90. The second-order valence-electron chi connectivity index (χ2n) is 6.23. The normalized spacial score (nSPS) is 18.8. The maximum absolute atomic E-state index is 5.94. The van der Waals surface area contributed by atoms with Crippen molar-refractivity contribution in [3.63, 3.8) is 0 Å². The number of hydrogen-bond acceptors (Lipinski definition) is 4. The zero-order valence-electron chi connectivity index (χ0n) is 13.8. The lowest BCUT2D eigenvalue weighted by Gasteiger charge is -2.33. The number of morpholine rings is 1. The van der Waals surface area contributed by atoms with Crippen LogP contribution in [0.4, 0.5) is 0 Å². The number of aromatic nitrogens is 2. The van der Waals surface area contributed by atoms with Crippen molar-refractivity contribution in [3.05, 3.63) is 70.4 Å². The van der Waals surface area contributed by atoms with Crippen molar-refractivity contribution in [1.29, 1.82) is 0 Å². The highest BCUT2D eigenvalue weighted by molar-refractivity contribution is 7.07. The van der Waals surface area contributed by atoms with Crippen LogP contribution in [0.5, 0.6) is 0 Å².